The van der Waals surface area contributed by atoms with Gasteiger partial charge in [-0.25, -0.2) is 4.98 Å². The number of hydrogen-bond donors (Lipinski definition) is 3. The maximum absolute atomic E-state index is 7.00. The lowest BCUT2D eigenvalue weighted by atomic mass is 10.0. The number of aliphatic hydroxyl groups excluding tert-OH is 1. The summed E-state index contributed by atoms with van der Waals surface area (Å²) in [6.07, 6.45) is 4.74. The first-order chi connectivity index (χ1) is 18.0. The third-order valence-electron chi connectivity index (χ3n) is 5.67. The molecule has 3 aromatic heterocycles. The van der Waals surface area contributed by atoms with Crippen LogP contribution in [-0.2, 0) is 6.54 Å². The topological polar surface area (TPSA) is 101 Å². The van der Waals surface area contributed by atoms with Gasteiger partial charge in [-0.2, -0.15) is 9.97 Å². The summed E-state index contributed by atoms with van der Waals surface area (Å²) in [4.78, 5) is 18.5. The molecule has 3 heterocycles. The van der Waals surface area contributed by atoms with Crippen molar-refractivity contribution in [1.29, 1.82) is 0 Å². The highest BCUT2D eigenvalue weighted by Crippen LogP contribution is 2.25. The first-order valence-electron chi connectivity index (χ1n) is 13.2. The average Bonchev–Trinajstić information content (AvgIpc) is 3.38. The molecule has 0 radical (unpaired) electrons. The van der Waals surface area contributed by atoms with Crippen LogP contribution in [0.2, 0.25) is 0 Å². The van der Waals surface area contributed by atoms with Crippen molar-refractivity contribution >= 4 is 22.9 Å². The Kier molecular flexibility index (Phi) is 12.0. The Bertz CT molecular complexity index is 1220. The predicted molar refractivity (Wildman–Crippen MR) is 155 cm³/mol. The van der Waals surface area contributed by atoms with Crippen molar-refractivity contribution in [2.75, 3.05) is 24.3 Å². The molecule has 0 saturated carbocycles. The molecule has 0 aliphatic carbocycles. The minimum atomic E-state index is 0.270. The molecule has 0 aliphatic rings. The van der Waals surface area contributed by atoms with Crippen molar-refractivity contribution in [2.45, 2.75) is 73.4 Å². The molecule has 1 aromatic carbocycles. The third-order valence-corrected chi connectivity index (χ3v) is 5.67. The molecular formula is C29H43N7O. The molecule has 37 heavy (non-hydrogen) atoms. The molecule has 0 aliphatic heterocycles. The smallest absolute Gasteiger partial charge is 0.226 e. The lowest BCUT2D eigenvalue weighted by molar-refractivity contribution is 0.399. The van der Waals surface area contributed by atoms with Crippen molar-refractivity contribution in [1.82, 2.24) is 24.5 Å². The fraction of sp³-hybridized carbons (Fsp3) is 0.448. The van der Waals surface area contributed by atoms with E-state index in [9.17, 15) is 0 Å². The molecule has 4 rings (SSSR count). The molecule has 0 amide bonds. The molecule has 8 nitrogen and oxygen atoms in total. The Balaban J connectivity index is 0.00000115. The van der Waals surface area contributed by atoms with E-state index in [0.29, 0.717) is 18.4 Å². The summed E-state index contributed by atoms with van der Waals surface area (Å²) in [5.41, 5.74) is 6.21. The van der Waals surface area contributed by atoms with Gasteiger partial charge in [0.1, 0.15) is 0 Å². The number of anilines is 2. The van der Waals surface area contributed by atoms with Crippen molar-refractivity contribution in [2.24, 2.45) is 0 Å². The second-order valence-corrected chi connectivity index (χ2v) is 8.92. The Hall–Kier alpha value is -3.52. The standard InChI is InChI=1S/C26H33N7.C2H6.CH4O/c1-6-12-28-26-31-24(23-25(32-26)33(16-30-23)18(4)5)29-15-19-7-9-20(10-8-19)22-14-21(17(2)3)11-13-27-22;2*1-2/h7-11,13-14,16-18H,6,12,15H2,1-5H3,(H2,28,29,31,32);1-2H3;2H,1H3. The number of fused-ring (bicyclic) bond motifs is 1. The SMILES string of the molecule is CC.CCCNc1nc(NCc2ccc(-c3cc(C(C)C)ccn3)cc2)c2ncn(C(C)C)c2n1.CO. The zero-order chi connectivity index (χ0) is 27.4. The highest BCUT2D eigenvalue weighted by atomic mass is 16.2. The van der Waals surface area contributed by atoms with E-state index in [1.807, 2.05) is 26.4 Å². The maximum atomic E-state index is 7.00. The summed E-state index contributed by atoms with van der Waals surface area (Å²) >= 11 is 0. The Morgan fingerprint density at radius 1 is 0.919 bits per heavy atom. The van der Waals surface area contributed by atoms with E-state index in [1.54, 1.807) is 0 Å². The third kappa shape index (κ3) is 7.73. The van der Waals surface area contributed by atoms with Crippen LogP contribution in [0.4, 0.5) is 11.8 Å². The van der Waals surface area contributed by atoms with Crippen LogP contribution in [0.3, 0.4) is 0 Å². The quantitative estimate of drug-likeness (QED) is 0.234. The van der Waals surface area contributed by atoms with Crippen molar-refractivity contribution < 1.29 is 5.11 Å². The fourth-order valence-corrected chi connectivity index (χ4v) is 3.68. The number of hydrogen-bond acceptors (Lipinski definition) is 7. The summed E-state index contributed by atoms with van der Waals surface area (Å²) in [6.45, 7) is 16.3. The van der Waals surface area contributed by atoms with E-state index in [1.165, 1.54) is 5.56 Å². The Labute approximate surface area is 221 Å². The Morgan fingerprint density at radius 2 is 1.62 bits per heavy atom. The molecule has 200 valence electrons. The van der Waals surface area contributed by atoms with Crippen LogP contribution in [0.5, 0.6) is 0 Å². The van der Waals surface area contributed by atoms with Gasteiger partial charge in [0.25, 0.3) is 0 Å². The van der Waals surface area contributed by atoms with Gasteiger partial charge in [0.15, 0.2) is 17.0 Å². The van der Waals surface area contributed by atoms with Crippen LogP contribution >= 0.6 is 0 Å². The largest absolute Gasteiger partial charge is 0.400 e. The lowest BCUT2D eigenvalue weighted by Crippen LogP contribution is -2.10. The molecule has 3 N–H and O–H groups in total. The summed E-state index contributed by atoms with van der Waals surface area (Å²) in [6, 6.07) is 13.0. The highest BCUT2D eigenvalue weighted by molar-refractivity contribution is 5.84. The highest BCUT2D eigenvalue weighted by Gasteiger charge is 2.15. The summed E-state index contributed by atoms with van der Waals surface area (Å²) in [7, 11) is 1.00. The van der Waals surface area contributed by atoms with Crippen LogP contribution in [0.1, 0.15) is 78.0 Å². The van der Waals surface area contributed by atoms with E-state index in [0.717, 1.165) is 53.9 Å². The summed E-state index contributed by atoms with van der Waals surface area (Å²) < 4.78 is 2.08. The lowest BCUT2D eigenvalue weighted by Gasteiger charge is -2.12. The molecule has 8 heteroatoms. The van der Waals surface area contributed by atoms with Gasteiger partial charge in [0.05, 0.1) is 12.0 Å². The van der Waals surface area contributed by atoms with Crippen LogP contribution < -0.4 is 10.6 Å². The van der Waals surface area contributed by atoms with Gasteiger partial charge in [-0.15, -0.1) is 0 Å². The van der Waals surface area contributed by atoms with Crippen molar-refractivity contribution in [3.8, 4) is 11.3 Å². The predicted octanol–water partition coefficient (Wildman–Crippen LogP) is 6.66. The van der Waals surface area contributed by atoms with Crippen molar-refractivity contribution in [3.63, 3.8) is 0 Å². The second-order valence-electron chi connectivity index (χ2n) is 8.92. The first-order valence-corrected chi connectivity index (χ1v) is 13.2. The number of imidazole rings is 1. The van der Waals surface area contributed by atoms with E-state index in [4.69, 9.17) is 15.1 Å². The molecule has 0 bridgehead atoms. The zero-order valence-electron chi connectivity index (χ0n) is 23.6. The van der Waals surface area contributed by atoms with Gasteiger partial charge in [0, 0.05) is 38.0 Å². The van der Waals surface area contributed by atoms with Gasteiger partial charge < -0.3 is 20.3 Å². The second kappa shape index (κ2) is 14.9. The normalized spacial score (nSPS) is 10.6. The number of nitrogens with zero attached hydrogens (tertiary/aromatic N) is 5. The van der Waals surface area contributed by atoms with Gasteiger partial charge in [-0.3, -0.25) is 4.98 Å². The van der Waals surface area contributed by atoms with E-state index < -0.39 is 0 Å². The van der Waals surface area contributed by atoms with Crippen LogP contribution in [0.25, 0.3) is 22.4 Å². The molecule has 4 aromatic rings. The summed E-state index contributed by atoms with van der Waals surface area (Å²) in [5.74, 6) is 1.85. The number of benzene rings is 1. The minimum Gasteiger partial charge on any atom is -0.400 e. The molecule has 0 fully saturated rings. The van der Waals surface area contributed by atoms with Crippen LogP contribution in [-0.4, -0.2) is 43.3 Å². The number of pyridine rings is 1. The summed E-state index contributed by atoms with van der Waals surface area (Å²) in [5, 5.41) is 13.8. The van der Waals surface area contributed by atoms with Gasteiger partial charge in [-0.1, -0.05) is 58.9 Å². The molecule has 0 saturated heterocycles. The fourth-order valence-electron chi connectivity index (χ4n) is 3.68. The zero-order valence-corrected chi connectivity index (χ0v) is 23.6. The monoisotopic (exact) mass is 505 g/mol. The van der Waals surface area contributed by atoms with E-state index in [-0.39, 0.29) is 6.04 Å². The van der Waals surface area contributed by atoms with Crippen LogP contribution in [0.15, 0.2) is 48.9 Å². The van der Waals surface area contributed by atoms with Crippen LogP contribution in [0, 0.1) is 0 Å². The minimum absolute atomic E-state index is 0.270. The number of nitrogens with one attached hydrogen (secondary N) is 2. The number of rotatable bonds is 9. The molecule has 0 unspecified atom stereocenters. The van der Waals surface area contributed by atoms with E-state index >= 15 is 0 Å². The average molecular weight is 506 g/mol. The van der Waals surface area contributed by atoms with Crippen molar-refractivity contribution in [3.05, 3.63) is 60.0 Å². The van der Waals surface area contributed by atoms with Gasteiger partial charge in [0.2, 0.25) is 5.95 Å². The van der Waals surface area contributed by atoms with Gasteiger partial charge in [-0.05, 0) is 49.4 Å². The Morgan fingerprint density at radius 3 is 2.24 bits per heavy atom. The van der Waals surface area contributed by atoms with E-state index in [2.05, 4.69) is 96.2 Å². The molecule has 0 spiro atoms. The molecular weight excluding hydrogens is 462 g/mol. The number of aliphatic hydroxyl groups is 1. The van der Waals surface area contributed by atoms with Gasteiger partial charge >= 0.3 is 0 Å². The maximum Gasteiger partial charge on any atom is 0.226 e. The molecule has 0 atom stereocenters. The first kappa shape index (κ1) is 29.7. The number of aromatic nitrogens is 5.